The van der Waals surface area contributed by atoms with Crippen molar-refractivity contribution in [3.63, 3.8) is 0 Å². The number of aliphatic hydroxyl groups is 1. The minimum Gasteiger partial charge on any atom is -0.475 e. The van der Waals surface area contributed by atoms with E-state index in [9.17, 15) is 9.90 Å². The average molecular weight is 192 g/mol. The van der Waals surface area contributed by atoms with Crippen LogP contribution in [0.4, 0.5) is 5.69 Å². The van der Waals surface area contributed by atoms with Crippen LogP contribution in [0, 0.1) is 0 Å². The Morgan fingerprint density at radius 2 is 2.14 bits per heavy atom. The van der Waals surface area contributed by atoms with Crippen LogP contribution in [0.25, 0.3) is 0 Å². The van der Waals surface area contributed by atoms with Crippen molar-refractivity contribution in [2.45, 2.75) is 6.23 Å². The van der Waals surface area contributed by atoms with Crippen LogP contribution in [0.15, 0.2) is 29.3 Å². The van der Waals surface area contributed by atoms with Crippen molar-refractivity contribution in [2.75, 3.05) is 5.32 Å². The number of amidine groups is 1. The highest BCUT2D eigenvalue weighted by Crippen LogP contribution is 2.27. The van der Waals surface area contributed by atoms with E-state index in [1.54, 1.807) is 24.3 Å². The number of nitrogens with zero attached hydrogens (tertiary/aromatic N) is 1. The molecule has 0 fully saturated rings. The van der Waals surface area contributed by atoms with Gasteiger partial charge in [-0.05, 0) is 6.07 Å². The number of hydrogen-bond acceptors (Lipinski definition) is 4. The van der Waals surface area contributed by atoms with E-state index in [1.807, 2.05) is 0 Å². The van der Waals surface area contributed by atoms with Gasteiger partial charge in [0, 0.05) is 11.3 Å². The molecule has 1 aromatic carbocycles. The van der Waals surface area contributed by atoms with Gasteiger partial charge in [-0.2, -0.15) is 0 Å². The van der Waals surface area contributed by atoms with Gasteiger partial charge in [0.05, 0.1) is 0 Å². The molecule has 0 radical (unpaired) electrons. The second-order valence-corrected chi connectivity index (χ2v) is 2.87. The van der Waals surface area contributed by atoms with E-state index in [-0.39, 0.29) is 5.84 Å². The summed E-state index contributed by atoms with van der Waals surface area (Å²) in [5.74, 6) is -1.42. The van der Waals surface area contributed by atoms with E-state index in [0.29, 0.717) is 11.3 Å². The lowest BCUT2D eigenvalue weighted by Crippen LogP contribution is -2.27. The number of anilines is 1. The second kappa shape index (κ2) is 3.12. The van der Waals surface area contributed by atoms with Gasteiger partial charge in [-0.1, -0.05) is 18.2 Å². The Morgan fingerprint density at radius 3 is 2.86 bits per heavy atom. The van der Waals surface area contributed by atoms with Gasteiger partial charge in [0.1, 0.15) is 0 Å². The van der Waals surface area contributed by atoms with Gasteiger partial charge < -0.3 is 15.5 Å². The molecule has 1 heterocycles. The molecule has 0 saturated carbocycles. The molecule has 1 aliphatic heterocycles. The van der Waals surface area contributed by atoms with E-state index in [0.717, 1.165) is 0 Å². The summed E-state index contributed by atoms with van der Waals surface area (Å²) in [6.45, 7) is 0. The maximum absolute atomic E-state index is 10.6. The Labute approximate surface area is 79.7 Å². The molecule has 0 bridgehead atoms. The van der Waals surface area contributed by atoms with Crippen molar-refractivity contribution in [3.8, 4) is 0 Å². The van der Waals surface area contributed by atoms with Crippen molar-refractivity contribution in [1.82, 2.24) is 0 Å². The summed E-state index contributed by atoms with van der Waals surface area (Å²) in [4.78, 5) is 14.2. The fourth-order valence-electron chi connectivity index (χ4n) is 1.30. The summed E-state index contributed by atoms with van der Waals surface area (Å²) in [6.07, 6.45) is -1.10. The molecule has 1 aliphatic rings. The SMILES string of the molecule is O=C(O)C1=NC(O)c2ccccc2N1. The Kier molecular flexibility index (Phi) is 1.94. The zero-order valence-electron chi connectivity index (χ0n) is 7.14. The first-order valence-electron chi connectivity index (χ1n) is 4.03. The largest absolute Gasteiger partial charge is 0.475 e. The number of para-hydroxylation sites is 1. The average Bonchev–Trinajstić information content (AvgIpc) is 2.17. The van der Waals surface area contributed by atoms with E-state index in [1.165, 1.54) is 0 Å². The molecule has 72 valence electrons. The fourth-order valence-corrected chi connectivity index (χ4v) is 1.30. The van der Waals surface area contributed by atoms with Crippen LogP contribution >= 0.6 is 0 Å². The number of nitrogens with one attached hydrogen (secondary N) is 1. The van der Waals surface area contributed by atoms with Gasteiger partial charge in [0.15, 0.2) is 6.23 Å². The molecular weight excluding hydrogens is 184 g/mol. The lowest BCUT2D eigenvalue weighted by molar-refractivity contribution is -0.129. The van der Waals surface area contributed by atoms with Crippen LogP contribution < -0.4 is 5.32 Å². The molecule has 0 aliphatic carbocycles. The van der Waals surface area contributed by atoms with Crippen LogP contribution in [0.1, 0.15) is 11.8 Å². The number of aliphatic imine (C=N–C) groups is 1. The summed E-state index contributed by atoms with van der Waals surface area (Å²) in [5.41, 5.74) is 1.16. The van der Waals surface area contributed by atoms with Crippen LogP contribution in [0.5, 0.6) is 0 Å². The number of carbonyl (C=O) groups is 1. The smallest absolute Gasteiger partial charge is 0.371 e. The lowest BCUT2D eigenvalue weighted by atomic mass is 10.1. The van der Waals surface area contributed by atoms with Crippen LogP contribution in [-0.2, 0) is 4.79 Å². The normalized spacial score (nSPS) is 19.2. The minimum absolute atomic E-state index is 0.240. The maximum atomic E-state index is 10.6. The Morgan fingerprint density at radius 1 is 1.43 bits per heavy atom. The minimum atomic E-state index is -1.18. The Balaban J connectivity index is 2.42. The monoisotopic (exact) mass is 192 g/mol. The highest BCUT2D eigenvalue weighted by atomic mass is 16.4. The van der Waals surface area contributed by atoms with Gasteiger partial charge in [0.2, 0.25) is 5.84 Å². The lowest BCUT2D eigenvalue weighted by Gasteiger charge is -2.19. The van der Waals surface area contributed by atoms with Gasteiger partial charge in [-0.25, -0.2) is 9.79 Å². The molecule has 1 aromatic rings. The molecule has 5 nitrogen and oxygen atoms in total. The van der Waals surface area contributed by atoms with E-state index in [4.69, 9.17) is 5.11 Å². The van der Waals surface area contributed by atoms with Crippen molar-refractivity contribution >= 4 is 17.5 Å². The van der Waals surface area contributed by atoms with E-state index in [2.05, 4.69) is 10.3 Å². The standard InChI is InChI=1S/C9H8N2O3/c12-8-5-3-1-2-4-6(5)10-7(11-8)9(13)14/h1-4,8,12H,(H,10,11)(H,13,14). The highest BCUT2D eigenvalue weighted by molar-refractivity contribution is 6.39. The molecule has 2 rings (SSSR count). The molecular formula is C9H8N2O3. The second-order valence-electron chi connectivity index (χ2n) is 2.87. The van der Waals surface area contributed by atoms with Crippen LogP contribution in [-0.4, -0.2) is 22.0 Å². The Hall–Kier alpha value is -1.88. The van der Waals surface area contributed by atoms with Crippen LogP contribution in [0.2, 0.25) is 0 Å². The molecule has 0 aromatic heterocycles. The number of benzene rings is 1. The molecule has 1 atom stereocenters. The van der Waals surface area contributed by atoms with Crippen molar-refractivity contribution in [1.29, 1.82) is 0 Å². The van der Waals surface area contributed by atoms with Crippen molar-refractivity contribution in [2.24, 2.45) is 4.99 Å². The summed E-state index contributed by atoms with van der Waals surface area (Å²) in [5, 5.41) is 20.8. The first-order valence-corrected chi connectivity index (χ1v) is 4.03. The Bertz CT molecular complexity index is 414. The van der Waals surface area contributed by atoms with E-state index < -0.39 is 12.2 Å². The maximum Gasteiger partial charge on any atom is 0.371 e. The predicted molar refractivity (Wildman–Crippen MR) is 50.1 cm³/mol. The molecule has 1 unspecified atom stereocenters. The summed E-state index contributed by atoms with van der Waals surface area (Å²) in [6, 6.07) is 6.89. The number of aliphatic carboxylic acids is 1. The number of fused-ring (bicyclic) bond motifs is 1. The van der Waals surface area contributed by atoms with Crippen molar-refractivity contribution in [3.05, 3.63) is 29.8 Å². The molecule has 0 saturated heterocycles. The van der Waals surface area contributed by atoms with Crippen LogP contribution in [0.3, 0.4) is 0 Å². The molecule has 5 heteroatoms. The van der Waals surface area contributed by atoms with E-state index >= 15 is 0 Å². The molecule has 3 N–H and O–H groups in total. The molecule has 0 amide bonds. The van der Waals surface area contributed by atoms with Gasteiger partial charge in [-0.15, -0.1) is 0 Å². The number of carboxylic acids is 1. The summed E-state index contributed by atoms with van der Waals surface area (Å²) >= 11 is 0. The van der Waals surface area contributed by atoms with Crippen molar-refractivity contribution < 1.29 is 15.0 Å². The number of rotatable bonds is 1. The third-order valence-corrected chi connectivity index (χ3v) is 1.95. The number of hydrogen-bond donors (Lipinski definition) is 3. The zero-order chi connectivity index (χ0) is 10.1. The molecule has 0 spiro atoms. The first-order chi connectivity index (χ1) is 6.68. The van der Waals surface area contributed by atoms with Gasteiger partial charge in [-0.3, -0.25) is 0 Å². The highest BCUT2D eigenvalue weighted by Gasteiger charge is 2.21. The topological polar surface area (TPSA) is 81.9 Å². The summed E-state index contributed by atoms with van der Waals surface area (Å²) in [7, 11) is 0. The fraction of sp³-hybridized carbons (Fsp3) is 0.111. The first kappa shape index (κ1) is 8.71. The quantitative estimate of drug-likeness (QED) is 0.608. The number of aliphatic hydroxyl groups excluding tert-OH is 1. The zero-order valence-corrected chi connectivity index (χ0v) is 7.14. The number of carboxylic acid groups (broad SMARTS) is 1. The molecule has 14 heavy (non-hydrogen) atoms. The third-order valence-electron chi connectivity index (χ3n) is 1.95. The third kappa shape index (κ3) is 1.33. The predicted octanol–water partition coefficient (Wildman–Crippen LogP) is 0.586. The summed E-state index contributed by atoms with van der Waals surface area (Å²) < 4.78 is 0. The van der Waals surface area contributed by atoms with Gasteiger partial charge >= 0.3 is 5.97 Å². The van der Waals surface area contributed by atoms with Gasteiger partial charge in [0.25, 0.3) is 0 Å².